The monoisotopic (exact) mass is 409 g/mol. The van der Waals surface area contributed by atoms with E-state index in [1.54, 1.807) is 41.5 Å². The van der Waals surface area contributed by atoms with Gasteiger partial charge in [0.2, 0.25) is 0 Å². The van der Waals surface area contributed by atoms with Crippen LogP contribution in [0, 0.1) is 0 Å². The van der Waals surface area contributed by atoms with Gasteiger partial charge in [-0.25, -0.2) is 13.4 Å². The first-order chi connectivity index (χ1) is 12.3. The summed E-state index contributed by atoms with van der Waals surface area (Å²) in [5.74, 6) is -0.474. The van der Waals surface area contributed by atoms with Crippen molar-refractivity contribution in [3.8, 4) is 5.69 Å². The largest absolute Gasteiger partial charge is 0.322 e. The number of hydrogen-bond donors (Lipinski definition) is 1. The second-order valence-corrected chi connectivity index (χ2v) is 8.31. The molecule has 1 heterocycles. The molecular weight excluding hydrogens is 397 g/mol. The van der Waals surface area contributed by atoms with Crippen molar-refractivity contribution in [1.82, 2.24) is 9.55 Å². The van der Waals surface area contributed by atoms with Crippen LogP contribution in [0.1, 0.15) is 10.4 Å². The average molecular weight is 410 g/mol. The van der Waals surface area contributed by atoms with Crippen LogP contribution in [0.25, 0.3) is 5.69 Å². The molecule has 0 bridgehead atoms. The molecule has 134 valence electrons. The lowest BCUT2D eigenvalue weighted by molar-refractivity contribution is 0.102. The Kier molecular flexibility index (Phi) is 5.04. The fourth-order valence-corrected chi connectivity index (χ4v) is 3.91. The van der Waals surface area contributed by atoms with Crippen LogP contribution in [0.2, 0.25) is 10.0 Å². The maximum atomic E-state index is 12.4. The highest BCUT2D eigenvalue weighted by molar-refractivity contribution is 7.90. The molecule has 6 nitrogen and oxygen atoms in total. The van der Waals surface area contributed by atoms with E-state index in [0.717, 1.165) is 6.26 Å². The minimum Gasteiger partial charge on any atom is -0.322 e. The molecule has 0 spiro atoms. The number of hydrogen-bond acceptors (Lipinski definition) is 4. The van der Waals surface area contributed by atoms with Crippen LogP contribution in [0.15, 0.2) is 60.0 Å². The topological polar surface area (TPSA) is 81.1 Å². The van der Waals surface area contributed by atoms with Crippen molar-refractivity contribution in [2.75, 3.05) is 11.6 Å². The first-order valence-electron chi connectivity index (χ1n) is 7.34. The number of carbonyl (C=O) groups is 1. The number of nitrogens with one attached hydrogen (secondary N) is 1. The molecule has 2 aromatic carbocycles. The van der Waals surface area contributed by atoms with Gasteiger partial charge < -0.3 is 9.88 Å². The summed E-state index contributed by atoms with van der Waals surface area (Å²) in [5.41, 5.74) is 1.36. The van der Waals surface area contributed by atoms with Gasteiger partial charge in [0, 0.05) is 29.9 Å². The normalized spacial score (nSPS) is 11.3. The molecular formula is C17H13Cl2N3O3S. The van der Waals surface area contributed by atoms with Crippen LogP contribution in [0.4, 0.5) is 5.69 Å². The van der Waals surface area contributed by atoms with E-state index in [9.17, 15) is 13.2 Å². The third-order valence-electron chi connectivity index (χ3n) is 3.58. The highest BCUT2D eigenvalue weighted by atomic mass is 35.5. The summed E-state index contributed by atoms with van der Waals surface area (Å²) in [5, 5.41) is 3.17. The van der Waals surface area contributed by atoms with Gasteiger partial charge in [0.15, 0.2) is 9.84 Å². The molecule has 0 aliphatic heterocycles. The number of benzene rings is 2. The Morgan fingerprint density at radius 2 is 1.88 bits per heavy atom. The maximum absolute atomic E-state index is 12.4. The molecule has 0 aliphatic carbocycles. The van der Waals surface area contributed by atoms with E-state index < -0.39 is 15.7 Å². The van der Waals surface area contributed by atoms with Crippen LogP contribution in [0.5, 0.6) is 0 Å². The summed E-state index contributed by atoms with van der Waals surface area (Å²) in [6.45, 7) is 0. The molecule has 0 radical (unpaired) electrons. The molecule has 0 unspecified atom stereocenters. The van der Waals surface area contributed by atoms with E-state index >= 15 is 0 Å². The van der Waals surface area contributed by atoms with E-state index in [1.165, 1.54) is 18.2 Å². The second-order valence-electron chi connectivity index (χ2n) is 5.51. The zero-order valence-electron chi connectivity index (χ0n) is 13.5. The van der Waals surface area contributed by atoms with Crippen molar-refractivity contribution in [3.05, 3.63) is 70.7 Å². The molecule has 1 aromatic heterocycles. The summed E-state index contributed by atoms with van der Waals surface area (Å²) >= 11 is 12.2. The van der Waals surface area contributed by atoms with Crippen LogP contribution in [-0.2, 0) is 9.84 Å². The first-order valence-corrected chi connectivity index (χ1v) is 9.99. The summed E-state index contributed by atoms with van der Waals surface area (Å²) in [6, 6.07) is 9.10. The van der Waals surface area contributed by atoms with Gasteiger partial charge >= 0.3 is 0 Å². The second kappa shape index (κ2) is 7.11. The molecule has 3 aromatic rings. The third kappa shape index (κ3) is 3.90. The Morgan fingerprint density at radius 3 is 2.50 bits per heavy atom. The minimum absolute atomic E-state index is 0.0665. The Hall–Kier alpha value is -2.35. The number of sulfone groups is 1. The van der Waals surface area contributed by atoms with Gasteiger partial charge in [-0.2, -0.15) is 0 Å². The highest BCUT2D eigenvalue weighted by Crippen LogP contribution is 2.26. The minimum atomic E-state index is -3.54. The fraction of sp³-hybridized carbons (Fsp3) is 0.0588. The first kappa shape index (κ1) is 18.4. The number of halogens is 2. The molecule has 0 saturated carbocycles. The van der Waals surface area contributed by atoms with Crippen molar-refractivity contribution in [2.24, 2.45) is 0 Å². The number of anilines is 1. The fourth-order valence-electron chi connectivity index (χ4n) is 2.33. The Morgan fingerprint density at radius 1 is 1.12 bits per heavy atom. The van der Waals surface area contributed by atoms with Gasteiger partial charge in [0.1, 0.15) is 0 Å². The lowest BCUT2D eigenvalue weighted by atomic mass is 10.2. The lowest BCUT2D eigenvalue weighted by Gasteiger charge is -2.10. The molecule has 1 N–H and O–H groups in total. The number of amides is 1. The van der Waals surface area contributed by atoms with Crippen molar-refractivity contribution in [1.29, 1.82) is 0 Å². The summed E-state index contributed by atoms with van der Waals surface area (Å²) in [7, 11) is -3.54. The van der Waals surface area contributed by atoms with Gasteiger partial charge in [-0.3, -0.25) is 4.79 Å². The van der Waals surface area contributed by atoms with E-state index in [4.69, 9.17) is 23.2 Å². The molecule has 0 aliphatic rings. The number of imidazole rings is 1. The Balaban J connectivity index is 1.86. The predicted molar refractivity (Wildman–Crippen MR) is 101 cm³/mol. The van der Waals surface area contributed by atoms with Gasteiger partial charge in [0.05, 0.1) is 27.0 Å². The van der Waals surface area contributed by atoms with E-state index in [0.29, 0.717) is 16.4 Å². The van der Waals surface area contributed by atoms with Crippen LogP contribution in [-0.4, -0.2) is 30.1 Å². The quantitative estimate of drug-likeness (QED) is 0.709. The number of aromatic nitrogens is 2. The van der Waals surface area contributed by atoms with Crippen molar-refractivity contribution >= 4 is 44.6 Å². The molecule has 1 amide bonds. The predicted octanol–water partition coefficient (Wildman–Crippen LogP) is 3.83. The molecule has 0 saturated heterocycles. The highest BCUT2D eigenvalue weighted by Gasteiger charge is 2.16. The van der Waals surface area contributed by atoms with Gasteiger partial charge in [-0.1, -0.05) is 23.2 Å². The van der Waals surface area contributed by atoms with Gasteiger partial charge in [0.25, 0.3) is 5.91 Å². The van der Waals surface area contributed by atoms with Crippen LogP contribution < -0.4 is 5.32 Å². The molecule has 9 heteroatoms. The molecule has 0 atom stereocenters. The Labute approximate surface area is 160 Å². The van der Waals surface area contributed by atoms with E-state index in [-0.39, 0.29) is 15.5 Å². The molecule has 0 fully saturated rings. The third-order valence-corrected chi connectivity index (χ3v) is 5.46. The average Bonchev–Trinajstić information content (AvgIpc) is 3.08. The van der Waals surface area contributed by atoms with Crippen molar-refractivity contribution < 1.29 is 13.2 Å². The zero-order chi connectivity index (χ0) is 18.9. The van der Waals surface area contributed by atoms with E-state index in [1.807, 2.05) is 0 Å². The smallest absolute Gasteiger partial charge is 0.255 e. The number of rotatable bonds is 4. The zero-order valence-corrected chi connectivity index (χ0v) is 15.8. The maximum Gasteiger partial charge on any atom is 0.255 e. The van der Waals surface area contributed by atoms with Gasteiger partial charge in [-0.05, 0) is 36.4 Å². The van der Waals surface area contributed by atoms with Crippen molar-refractivity contribution in [3.63, 3.8) is 0 Å². The molecule has 26 heavy (non-hydrogen) atoms. The summed E-state index contributed by atoms with van der Waals surface area (Å²) in [6.07, 6.45) is 6.02. The lowest BCUT2D eigenvalue weighted by Crippen LogP contribution is -2.13. The van der Waals surface area contributed by atoms with E-state index in [2.05, 4.69) is 10.3 Å². The van der Waals surface area contributed by atoms with Crippen molar-refractivity contribution in [2.45, 2.75) is 4.90 Å². The molecule has 3 rings (SSSR count). The summed E-state index contributed by atoms with van der Waals surface area (Å²) < 4.78 is 25.2. The van der Waals surface area contributed by atoms with Gasteiger partial charge in [-0.15, -0.1) is 0 Å². The number of carbonyl (C=O) groups excluding carboxylic acids is 1. The standard InChI is InChI=1S/C17H13Cl2N3O3S/c1-26(24,25)16-8-11(2-4-13(16)18)17(23)21-12-3-5-15(14(19)9-12)22-7-6-20-10-22/h2-10H,1H3,(H,21,23). The van der Waals surface area contributed by atoms with Crippen LogP contribution >= 0.6 is 23.2 Å². The SMILES string of the molecule is CS(=O)(=O)c1cc(C(=O)Nc2ccc(-n3ccnc3)c(Cl)c2)ccc1Cl. The summed E-state index contributed by atoms with van der Waals surface area (Å²) in [4.78, 5) is 16.3. The Bertz CT molecular complexity index is 1080. The number of nitrogens with zero attached hydrogens (tertiary/aromatic N) is 2. The van der Waals surface area contributed by atoms with Crippen LogP contribution in [0.3, 0.4) is 0 Å².